The molecular formula is C23H20N2. The highest BCUT2D eigenvalue weighted by atomic mass is 15.1. The third kappa shape index (κ3) is 2.99. The number of anilines is 1. The summed E-state index contributed by atoms with van der Waals surface area (Å²) in [5.74, 6) is 0. The van der Waals surface area contributed by atoms with Gasteiger partial charge in [-0.3, -0.25) is 4.98 Å². The monoisotopic (exact) mass is 324 g/mol. The molecule has 0 aliphatic rings. The zero-order valence-corrected chi connectivity index (χ0v) is 14.5. The molecule has 4 aromatic rings. The summed E-state index contributed by atoms with van der Waals surface area (Å²) in [6.45, 7) is 0. The van der Waals surface area contributed by atoms with Gasteiger partial charge in [0.2, 0.25) is 0 Å². The second-order valence-corrected chi connectivity index (χ2v) is 6.40. The normalized spacial score (nSPS) is 11.4. The highest BCUT2D eigenvalue weighted by molar-refractivity contribution is 6.10. The van der Waals surface area contributed by atoms with Crippen molar-refractivity contribution in [1.82, 2.24) is 4.98 Å². The van der Waals surface area contributed by atoms with Crippen LogP contribution in [-0.2, 0) is 0 Å². The lowest BCUT2D eigenvalue weighted by Gasteiger charge is -2.11. The third-order valence-corrected chi connectivity index (χ3v) is 4.53. The molecule has 4 rings (SSSR count). The predicted octanol–water partition coefficient (Wildman–Crippen LogP) is 5.62. The van der Waals surface area contributed by atoms with Gasteiger partial charge in [0.1, 0.15) is 0 Å². The predicted molar refractivity (Wildman–Crippen MR) is 109 cm³/mol. The molecule has 0 saturated carbocycles. The molecule has 2 heteroatoms. The summed E-state index contributed by atoms with van der Waals surface area (Å²) in [7, 11) is 4.11. The van der Waals surface area contributed by atoms with Crippen LogP contribution in [0.3, 0.4) is 0 Å². The highest BCUT2D eigenvalue weighted by Gasteiger charge is 2.04. The minimum absolute atomic E-state index is 1.03. The maximum Gasteiger partial charge on any atom is 0.0714 e. The summed E-state index contributed by atoms with van der Waals surface area (Å²) in [5.41, 5.74) is 4.62. The lowest BCUT2D eigenvalue weighted by molar-refractivity contribution is 1.13. The Morgan fingerprint density at radius 1 is 0.800 bits per heavy atom. The maximum atomic E-state index is 4.54. The van der Waals surface area contributed by atoms with Crippen molar-refractivity contribution in [3.05, 3.63) is 84.1 Å². The average molecular weight is 324 g/mol. The second-order valence-electron chi connectivity index (χ2n) is 6.40. The zero-order chi connectivity index (χ0) is 17.2. The quantitative estimate of drug-likeness (QED) is 0.454. The van der Waals surface area contributed by atoms with Crippen LogP contribution >= 0.6 is 0 Å². The Labute approximate surface area is 148 Å². The van der Waals surface area contributed by atoms with Crippen molar-refractivity contribution in [3.63, 3.8) is 0 Å². The number of fused-ring (bicyclic) bond motifs is 3. The Balaban J connectivity index is 1.80. The van der Waals surface area contributed by atoms with Gasteiger partial charge >= 0.3 is 0 Å². The zero-order valence-electron chi connectivity index (χ0n) is 14.5. The summed E-state index contributed by atoms with van der Waals surface area (Å²) in [6, 6.07) is 23.4. The molecule has 0 aliphatic heterocycles. The van der Waals surface area contributed by atoms with E-state index in [-0.39, 0.29) is 0 Å². The molecule has 2 nitrogen and oxygen atoms in total. The standard InChI is InChI=1S/C23H20N2/c1-25(2)20-12-8-17(9-13-20)7-10-19-15-16-24-22-14-11-18-5-3-4-6-21(18)23(19)22/h3-16H,1-2H3/b10-7+. The molecule has 0 amide bonds. The van der Waals surface area contributed by atoms with E-state index < -0.39 is 0 Å². The Bertz CT molecular complexity index is 1060. The van der Waals surface area contributed by atoms with Gasteiger partial charge in [0.25, 0.3) is 0 Å². The van der Waals surface area contributed by atoms with Crippen LogP contribution in [0.2, 0.25) is 0 Å². The first-order valence-electron chi connectivity index (χ1n) is 8.44. The molecule has 0 unspecified atom stereocenters. The first-order chi connectivity index (χ1) is 12.2. The summed E-state index contributed by atoms with van der Waals surface area (Å²) in [6.07, 6.45) is 6.23. The van der Waals surface area contributed by atoms with Crippen LogP contribution in [0.5, 0.6) is 0 Å². The van der Waals surface area contributed by atoms with Gasteiger partial charge in [0, 0.05) is 31.4 Å². The van der Waals surface area contributed by atoms with Crippen LogP contribution in [0.4, 0.5) is 5.69 Å². The molecule has 0 fully saturated rings. The van der Waals surface area contributed by atoms with Gasteiger partial charge in [-0.05, 0) is 46.2 Å². The van der Waals surface area contributed by atoms with E-state index in [1.807, 2.05) is 6.20 Å². The van der Waals surface area contributed by atoms with E-state index in [9.17, 15) is 0 Å². The summed E-state index contributed by atoms with van der Waals surface area (Å²) in [5, 5.41) is 3.70. The lowest BCUT2D eigenvalue weighted by atomic mass is 10.0. The third-order valence-electron chi connectivity index (χ3n) is 4.53. The van der Waals surface area contributed by atoms with Gasteiger partial charge in [-0.25, -0.2) is 0 Å². The van der Waals surface area contributed by atoms with E-state index in [1.165, 1.54) is 33.0 Å². The molecule has 0 saturated heterocycles. The fourth-order valence-electron chi connectivity index (χ4n) is 3.16. The van der Waals surface area contributed by atoms with Gasteiger partial charge in [0.05, 0.1) is 5.52 Å². The maximum absolute atomic E-state index is 4.54. The summed E-state index contributed by atoms with van der Waals surface area (Å²) < 4.78 is 0. The molecule has 1 heterocycles. The fraction of sp³-hybridized carbons (Fsp3) is 0.0870. The number of nitrogens with zero attached hydrogens (tertiary/aromatic N) is 2. The molecule has 25 heavy (non-hydrogen) atoms. The number of pyridine rings is 1. The summed E-state index contributed by atoms with van der Waals surface area (Å²) in [4.78, 5) is 6.65. The molecule has 1 aromatic heterocycles. The molecule has 0 aliphatic carbocycles. The van der Waals surface area contributed by atoms with Crippen molar-refractivity contribution in [2.24, 2.45) is 0 Å². The first kappa shape index (κ1) is 15.4. The summed E-state index contributed by atoms with van der Waals surface area (Å²) >= 11 is 0. The number of hydrogen-bond acceptors (Lipinski definition) is 2. The Morgan fingerprint density at radius 2 is 1.60 bits per heavy atom. The average Bonchev–Trinajstić information content (AvgIpc) is 2.66. The Hall–Kier alpha value is -3.13. The van der Waals surface area contributed by atoms with Crippen molar-refractivity contribution in [2.45, 2.75) is 0 Å². The van der Waals surface area contributed by atoms with E-state index in [0.29, 0.717) is 0 Å². The van der Waals surface area contributed by atoms with Gasteiger partial charge in [0.15, 0.2) is 0 Å². The number of aromatic nitrogens is 1. The van der Waals surface area contributed by atoms with E-state index >= 15 is 0 Å². The van der Waals surface area contributed by atoms with Crippen LogP contribution in [0.1, 0.15) is 11.1 Å². The van der Waals surface area contributed by atoms with E-state index in [1.54, 1.807) is 0 Å². The molecule has 122 valence electrons. The minimum Gasteiger partial charge on any atom is -0.378 e. The van der Waals surface area contributed by atoms with Crippen molar-refractivity contribution in [3.8, 4) is 0 Å². The molecule has 0 atom stereocenters. The van der Waals surface area contributed by atoms with Gasteiger partial charge in [-0.1, -0.05) is 54.6 Å². The minimum atomic E-state index is 1.03. The largest absolute Gasteiger partial charge is 0.378 e. The van der Waals surface area contributed by atoms with Crippen molar-refractivity contribution in [1.29, 1.82) is 0 Å². The topological polar surface area (TPSA) is 16.1 Å². The molecule has 3 aromatic carbocycles. The molecule has 0 spiro atoms. The van der Waals surface area contributed by atoms with Crippen LogP contribution in [0.25, 0.3) is 33.8 Å². The van der Waals surface area contributed by atoms with Gasteiger partial charge in [-0.2, -0.15) is 0 Å². The van der Waals surface area contributed by atoms with E-state index in [4.69, 9.17) is 0 Å². The molecule has 0 N–H and O–H groups in total. The van der Waals surface area contributed by atoms with Crippen LogP contribution in [-0.4, -0.2) is 19.1 Å². The van der Waals surface area contributed by atoms with Crippen molar-refractivity contribution >= 4 is 39.5 Å². The fourth-order valence-corrected chi connectivity index (χ4v) is 3.16. The smallest absolute Gasteiger partial charge is 0.0714 e. The first-order valence-corrected chi connectivity index (χ1v) is 8.44. The molecule has 0 radical (unpaired) electrons. The van der Waals surface area contributed by atoms with E-state index in [0.717, 1.165) is 5.52 Å². The Morgan fingerprint density at radius 3 is 2.40 bits per heavy atom. The van der Waals surface area contributed by atoms with Crippen LogP contribution < -0.4 is 4.90 Å². The van der Waals surface area contributed by atoms with Gasteiger partial charge in [-0.15, -0.1) is 0 Å². The highest BCUT2D eigenvalue weighted by Crippen LogP contribution is 2.28. The van der Waals surface area contributed by atoms with Crippen molar-refractivity contribution < 1.29 is 0 Å². The lowest BCUT2D eigenvalue weighted by Crippen LogP contribution is -2.07. The molecule has 0 bridgehead atoms. The van der Waals surface area contributed by atoms with Crippen LogP contribution in [0.15, 0.2) is 72.9 Å². The van der Waals surface area contributed by atoms with Gasteiger partial charge < -0.3 is 4.90 Å². The van der Waals surface area contributed by atoms with Crippen molar-refractivity contribution in [2.75, 3.05) is 19.0 Å². The molecular weight excluding hydrogens is 304 g/mol. The number of rotatable bonds is 3. The second kappa shape index (κ2) is 6.40. The number of hydrogen-bond donors (Lipinski definition) is 0. The Kier molecular flexibility index (Phi) is 3.95. The van der Waals surface area contributed by atoms with Crippen LogP contribution in [0, 0.1) is 0 Å². The number of benzene rings is 3. The SMILES string of the molecule is CN(C)c1ccc(/C=C/c2ccnc3ccc4ccccc4c23)cc1. The van der Waals surface area contributed by atoms with E-state index in [2.05, 4.69) is 103 Å².